The second kappa shape index (κ2) is 5.69. The highest BCUT2D eigenvalue weighted by atomic mass is 32.2. The average molecular weight is 302 g/mol. The van der Waals surface area contributed by atoms with E-state index in [-0.39, 0.29) is 0 Å². The maximum atomic E-state index is 5.64. The van der Waals surface area contributed by atoms with Crippen molar-refractivity contribution >= 4 is 11.8 Å². The molecule has 0 spiro atoms. The predicted molar refractivity (Wildman–Crippen MR) is 77.8 cm³/mol. The molecule has 0 saturated carbocycles. The molecule has 1 aromatic carbocycles. The molecule has 0 saturated heterocycles. The van der Waals surface area contributed by atoms with Gasteiger partial charge in [0.2, 0.25) is 17.7 Å². The normalized spacial score (nSPS) is 11.0. The molecule has 0 aliphatic heterocycles. The summed E-state index contributed by atoms with van der Waals surface area (Å²) in [5.74, 6) is 2.12. The van der Waals surface area contributed by atoms with E-state index in [9.17, 15) is 0 Å². The van der Waals surface area contributed by atoms with Crippen LogP contribution >= 0.6 is 11.8 Å². The molecule has 0 N–H and O–H groups in total. The van der Waals surface area contributed by atoms with Gasteiger partial charge in [-0.1, -0.05) is 17.8 Å². The van der Waals surface area contributed by atoms with Crippen molar-refractivity contribution in [1.82, 2.24) is 20.4 Å². The van der Waals surface area contributed by atoms with Crippen molar-refractivity contribution in [2.45, 2.75) is 31.7 Å². The van der Waals surface area contributed by atoms with Crippen molar-refractivity contribution in [3.05, 3.63) is 41.1 Å². The van der Waals surface area contributed by atoms with Gasteiger partial charge in [0.25, 0.3) is 5.22 Å². The fourth-order valence-corrected chi connectivity index (χ4v) is 2.38. The summed E-state index contributed by atoms with van der Waals surface area (Å²) in [5.41, 5.74) is 3.35. The minimum Gasteiger partial charge on any atom is -0.425 e. The molecule has 3 aromatic rings. The van der Waals surface area contributed by atoms with Crippen LogP contribution < -0.4 is 0 Å². The topological polar surface area (TPSA) is 77.8 Å². The number of aryl methyl sites for hydroxylation is 3. The zero-order valence-corrected chi connectivity index (χ0v) is 12.8. The summed E-state index contributed by atoms with van der Waals surface area (Å²) < 4.78 is 10.9. The third kappa shape index (κ3) is 3.13. The van der Waals surface area contributed by atoms with Gasteiger partial charge in [-0.15, -0.1) is 20.4 Å². The van der Waals surface area contributed by atoms with Gasteiger partial charge in [-0.2, -0.15) is 0 Å². The number of rotatable bonds is 4. The van der Waals surface area contributed by atoms with E-state index >= 15 is 0 Å². The van der Waals surface area contributed by atoms with Crippen LogP contribution in [0, 0.1) is 20.8 Å². The third-order valence-corrected chi connectivity index (χ3v) is 3.85. The minimum absolute atomic E-state index is 0.485. The van der Waals surface area contributed by atoms with E-state index in [1.54, 1.807) is 6.92 Å². The van der Waals surface area contributed by atoms with Crippen molar-refractivity contribution < 1.29 is 8.83 Å². The van der Waals surface area contributed by atoms with Gasteiger partial charge in [-0.3, -0.25) is 0 Å². The smallest absolute Gasteiger partial charge is 0.277 e. The van der Waals surface area contributed by atoms with E-state index in [0.29, 0.717) is 28.6 Å². The Kier molecular flexibility index (Phi) is 3.74. The van der Waals surface area contributed by atoms with Crippen molar-refractivity contribution in [1.29, 1.82) is 0 Å². The lowest BCUT2D eigenvalue weighted by atomic mass is 10.1. The van der Waals surface area contributed by atoms with Crippen LogP contribution in [0.3, 0.4) is 0 Å². The molecule has 0 aliphatic carbocycles. The summed E-state index contributed by atoms with van der Waals surface area (Å²) in [7, 11) is 0. The molecule has 0 atom stereocenters. The van der Waals surface area contributed by atoms with Crippen LogP contribution in [0.25, 0.3) is 11.5 Å². The highest BCUT2D eigenvalue weighted by Gasteiger charge is 2.11. The highest BCUT2D eigenvalue weighted by Crippen LogP contribution is 2.26. The first-order valence-electron chi connectivity index (χ1n) is 6.45. The number of aromatic nitrogens is 4. The molecule has 108 valence electrons. The average Bonchev–Trinajstić information content (AvgIpc) is 3.08. The molecule has 0 radical (unpaired) electrons. The number of hydrogen-bond donors (Lipinski definition) is 0. The van der Waals surface area contributed by atoms with Crippen LogP contribution in [0.2, 0.25) is 0 Å². The Balaban J connectivity index is 1.72. The lowest BCUT2D eigenvalue weighted by molar-refractivity contribution is 0.462. The molecule has 6 nitrogen and oxygen atoms in total. The molecule has 0 bridgehead atoms. The van der Waals surface area contributed by atoms with E-state index in [0.717, 1.165) is 5.56 Å². The fourth-order valence-electron chi connectivity index (χ4n) is 1.78. The maximum absolute atomic E-state index is 5.64. The molecule has 2 aromatic heterocycles. The molecule has 0 fully saturated rings. The first-order valence-corrected chi connectivity index (χ1v) is 7.43. The second-order valence-corrected chi connectivity index (χ2v) is 5.60. The SMILES string of the molecule is Cc1nnc(CSc2nnc(-c3ccc(C)c(C)c3)o2)o1. The Hall–Kier alpha value is -2.15. The summed E-state index contributed by atoms with van der Waals surface area (Å²) in [6.45, 7) is 5.88. The molecule has 2 heterocycles. The standard InChI is InChI=1S/C14H14N4O2S/c1-8-4-5-11(6-9(8)2)13-17-18-14(20-13)21-7-12-16-15-10(3)19-12/h4-6H,7H2,1-3H3. The van der Waals surface area contributed by atoms with Gasteiger partial charge in [0.15, 0.2) is 0 Å². The Morgan fingerprint density at radius 1 is 0.952 bits per heavy atom. The second-order valence-electron chi connectivity index (χ2n) is 4.68. The van der Waals surface area contributed by atoms with Gasteiger partial charge in [-0.05, 0) is 37.1 Å². The summed E-state index contributed by atoms with van der Waals surface area (Å²) >= 11 is 1.37. The minimum atomic E-state index is 0.485. The van der Waals surface area contributed by atoms with Crippen molar-refractivity contribution in [3.8, 4) is 11.5 Å². The Morgan fingerprint density at radius 2 is 1.81 bits per heavy atom. The molecular weight excluding hydrogens is 288 g/mol. The first-order chi connectivity index (χ1) is 10.1. The Bertz CT molecular complexity index is 766. The van der Waals surface area contributed by atoms with Gasteiger partial charge in [0.1, 0.15) is 0 Å². The number of thioether (sulfide) groups is 1. The van der Waals surface area contributed by atoms with Crippen molar-refractivity contribution in [2.75, 3.05) is 0 Å². The number of nitrogens with zero attached hydrogens (tertiary/aromatic N) is 4. The van der Waals surface area contributed by atoms with Crippen LogP contribution in [0.1, 0.15) is 22.9 Å². The third-order valence-electron chi connectivity index (χ3n) is 3.05. The fraction of sp³-hybridized carbons (Fsp3) is 0.286. The molecule has 0 unspecified atom stereocenters. The zero-order chi connectivity index (χ0) is 14.8. The summed E-state index contributed by atoms with van der Waals surface area (Å²) in [6, 6.07) is 6.06. The Labute approximate surface area is 126 Å². The molecule has 21 heavy (non-hydrogen) atoms. The monoisotopic (exact) mass is 302 g/mol. The summed E-state index contributed by atoms with van der Waals surface area (Å²) in [6.07, 6.45) is 0. The van der Waals surface area contributed by atoms with E-state index in [4.69, 9.17) is 8.83 Å². The summed E-state index contributed by atoms with van der Waals surface area (Å²) in [4.78, 5) is 0. The first kappa shape index (κ1) is 13.8. The quantitative estimate of drug-likeness (QED) is 0.684. The van der Waals surface area contributed by atoms with Gasteiger partial charge >= 0.3 is 0 Å². The van der Waals surface area contributed by atoms with Crippen LogP contribution in [0.15, 0.2) is 32.3 Å². The van der Waals surface area contributed by atoms with Crippen LogP contribution in [-0.4, -0.2) is 20.4 Å². The van der Waals surface area contributed by atoms with Gasteiger partial charge in [0.05, 0.1) is 5.75 Å². The van der Waals surface area contributed by atoms with Crippen molar-refractivity contribution in [3.63, 3.8) is 0 Å². The molecule has 3 rings (SSSR count). The number of hydrogen-bond acceptors (Lipinski definition) is 7. The highest BCUT2D eigenvalue weighted by molar-refractivity contribution is 7.98. The van der Waals surface area contributed by atoms with Crippen molar-refractivity contribution in [2.24, 2.45) is 0 Å². The van der Waals surface area contributed by atoms with Crippen LogP contribution in [-0.2, 0) is 5.75 Å². The van der Waals surface area contributed by atoms with Gasteiger partial charge in [0, 0.05) is 12.5 Å². The Morgan fingerprint density at radius 3 is 2.52 bits per heavy atom. The van der Waals surface area contributed by atoms with Crippen LogP contribution in [0.5, 0.6) is 0 Å². The van der Waals surface area contributed by atoms with E-state index < -0.39 is 0 Å². The van der Waals surface area contributed by atoms with E-state index in [1.807, 2.05) is 18.2 Å². The van der Waals surface area contributed by atoms with Crippen LogP contribution in [0.4, 0.5) is 0 Å². The maximum Gasteiger partial charge on any atom is 0.277 e. The predicted octanol–water partition coefficient (Wildman–Crippen LogP) is 3.34. The van der Waals surface area contributed by atoms with Gasteiger partial charge in [-0.25, -0.2) is 0 Å². The lowest BCUT2D eigenvalue weighted by Crippen LogP contribution is -1.83. The zero-order valence-electron chi connectivity index (χ0n) is 12.0. The van der Waals surface area contributed by atoms with Gasteiger partial charge < -0.3 is 8.83 Å². The molecule has 0 amide bonds. The van der Waals surface area contributed by atoms with E-state index in [2.05, 4.69) is 34.2 Å². The molecule has 7 heteroatoms. The molecular formula is C14H14N4O2S. The molecule has 0 aliphatic rings. The number of benzene rings is 1. The van der Waals surface area contributed by atoms with E-state index in [1.165, 1.54) is 22.9 Å². The largest absolute Gasteiger partial charge is 0.425 e. The lowest BCUT2D eigenvalue weighted by Gasteiger charge is -2.00. The summed E-state index contributed by atoms with van der Waals surface area (Å²) in [5, 5.41) is 16.3.